The molecule has 28 heavy (non-hydrogen) atoms. The van der Waals surface area contributed by atoms with Gasteiger partial charge in [-0.25, -0.2) is 0 Å². The van der Waals surface area contributed by atoms with Gasteiger partial charge < -0.3 is 0 Å². The summed E-state index contributed by atoms with van der Waals surface area (Å²) in [5.74, 6) is 2.15. The summed E-state index contributed by atoms with van der Waals surface area (Å²) in [7, 11) is 0. The number of tetrazole rings is 1. The fourth-order valence-electron chi connectivity index (χ4n) is 3.03. The SMILES string of the molecule is Cc1cccc(-n2nnc(CSc3nnc(-c4ccncc4)n3C3CC3)n2)c1. The third-order valence-electron chi connectivity index (χ3n) is 4.53. The predicted molar refractivity (Wildman–Crippen MR) is 105 cm³/mol. The van der Waals surface area contributed by atoms with Gasteiger partial charge in [-0.15, -0.1) is 25.2 Å². The second-order valence-electron chi connectivity index (χ2n) is 6.77. The maximum Gasteiger partial charge on any atom is 0.192 e. The van der Waals surface area contributed by atoms with Gasteiger partial charge in [0.15, 0.2) is 16.8 Å². The zero-order chi connectivity index (χ0) is 18.9. The summed E-state index contributed by atoms with van der Waals surface area (Å²) < 4.78 is 2.23. The molecule has 0 atom stereocenters. The summed E-state index contributed by atoms with van der Waals surface area (Å²) in [6.45, 7) is 2.04. The molecule has 0 saturated heterocycles. The van der Waals surface area contributed by atoms with Crippen molar-refractivity contribution in [1.82, 2.24) is 40.0 Å². The van der Waals surface area contributed by atoms with Gasteiger partial charge in [0.25, 0.3) is 0 Å². The number of pyridine rings is 1. The van der Waals surface area contributed by atoms with Crippen LogP contribution < -0.4 is 0 Å². The van der Waals surface area contributed by atoms with Crippen molar-refractivity contribution in [1.29, 1.82) is 0 Å². The highest BCUT2D eigenvalue weighted by Crippen LogP contribution is 2.41. The summed E-state index contributed by atoms with van der Waals surface area (Å²) in [5.41, 5.74) is 3.10. The minimum atomic E-state index is 0.469. The molecule has 9 heteroatoms. The summed E-state index contributed by atoms with van der Waals surface area (Å²) in [5, 5.41) is 22.6. The topological polar surface area (TPSA) is 87.2 Å². The van der Waals surface area contributed by atoms with Crippen LogP contribution in [0, 0.1) is 6.92 Å². The number of benzene rings is 1. The number of aromatic nitrogens is 8. The number of aryl methyl sites for hydroxylation is 1. The molecule has 1 saturated carbocycles. The van der Waals surface area contributed by atoms with Gasteiger partial charge in [0.2, 0.25) is 0 Å². The fraction of sp³-hybridized carbons (Fsp3) is 0.263. The third kappa shape index (κ3) is 3.40. The van der Waals surface area contributed by atoms with Crippen LogP contribution >= 0.6 is 11.8 Å². The van der Waals surface area contributed by atoms with Crippen LogP contribution in [0.5, 0.6) is 0 Å². The molecule has 4 aromatic rings. The van der Waals surface area contributed by atoms with Crippen LogP contribution in [0.3, 0.4) is 0 Å². The maximum atomic E-state index is 4.50. The smallest absolute Gasteiger partial charge is 0.192 e. The first-order chi connectivity index (χ1) is 13.8. The summed E-state index contributed by atoms with van der Waals surface area (Å²) >= 11 is 1.59. The van der Waals surface area contributed by atoms with E-state index in [0.29, 0.717) is 17.6 Å². The Morgan fingerprint density at radius 1 is 1.07 bits per heavy atom. The minimum Gasteiger partial charge on any atom is -0.299 e. The first-order valence-corrected chi connectivity index (χ1v) is 10.1. The molecule has 1 aromatic carbocycles. The Balaban J connectivity index is 1.36. The number of thioether (sulfide) groups is 1. The Morgan fingerprint density at radius 2 is 1.93 bits per heavy atom. The lowest BCUT2D eigenvalue weighted by Crippen LogP contribution is -2.01. The van der Waals surface area contributed by atoms with Crippen molar-refractivity contribution < 1.29 is 0 Å². The van der Waals surface area contributed by atoms with Crippen LogP contribution in [-0.2, 0) is 5.75 Å². The quantitative estimate of drug-likeness (QED) is 0.467. The Hall–Kier alpha value is -3.07. The summed E-state index contributed by atoms with van der Waals surface area (Å²) in [4.78, 5) is 5.65. The molecule has 0 radical (unpaired) electrons. The van der Waals surface area contributed by atoms with Crippen LogP contribution in [0.25, 0.3) is 17.1 Å². The van der Waals surface area contributed by atoms with E-state index in [1.165, 1.54) is 0 Å². The lowest BCUT2D eigenvalue weighted by atomic mass is 10.2. The zero-order valence-corrected chi connectivity index (χ0v) is 16.1. The highest BCUT2D eigenvalue weighted by atomic mass is 32.2. The predicted octanol–water partition coefficient (Wildman–Crippen LogP) is 3.25. The fourth-order valence-corrected chi connectivity index (χ4v) is 3.87. The standard InChI is InChI=1S/C19H18N8S/c1-13-3-2-4-16(11-13)27-24-17(21-25-27)12-28-19-23-22-18(26(19)15-5-6-15)14-7-9-20-10-8-14/h2-4,7-11,15H,5-6,12H2,1H3. The van der Waals surface area contributed by atoms with E-state index in [1.54, 1.807) is 29.0 Å². The number of nitrogens with zero attached hydrogens (tertiary/aromatic N) is 8. The molecular weight excluding hydrogens is 372 g/mol. The van der Waals surface area contributed by atoms with Crippen LogP contribution in [-0.4, -0.2) is 40.0 Å². The van der Waals surface area contributed by atoms with E-state index in [0.717, 1.165) is 40.6 Å². The zero-order valence-electron chi connectivity index (χ0n) is 15.3. The Labute approximate surface area is 166 Å². The van der Waals surface area contributed by atoms with Crippen molar-refractivity contribution in [3.05, 3.63) is 60.2 Å². The Morgan fingerprint density at radius 3 is 2.71 bits per heavy atom. The van der Waals surface area contributed by atoms with Crippen molar-refractivity contribution in [3.63, 3.8) is 0 Å². The van der Waals surface area contributed by atoms with Crippen molar-refractivity contribution in [2.24, 2.45) is 0 Å². The molecule has 3 heterocycles. The molecule has 0 N–H and O–H groups in total. The molecule has 0 amide bonds. The van der Waals surface area contributed by atoms with Gasteiger partial charge in [-0.2, -0.15) is 0 Å². The van der Waals surface area contributed by atoms with Gasteiger partial charge >= 0.3 is 0 Å². The Bertz CT molecular complexity index is 1100. The summed E-state index contributed by atoms with van der Waals surface area (Å²) in [6.07, 6.45) is 5.88. The first-order valence-electron chi connectivity index (χ1n) is 9.12. The van der Waals surface area contributed by atoms with E-state index in [2.05, 4.69) is 35.2 Å². The number of hydrogen-bond donors (Lipinski definition) is 0. The normalized spacial score (nSPS) is 13.8. The number of hydrogen-bond acceptors (Lipinski definition) is 7. The van der Waals surface area contributed by atoms with Crippen LogP contribution in [0.2, 0.25) is 0 Å². The largest absolute Gasteiger partial charge is 0.299 e. The highest BCUT2D eigenvalue weighted by molar-refractivity contribution is 7.98. The molecule has 1 aliphatic carbocycles. The van der Waals surface area contributed by atoms with Gasteiger partial charge in [0.1, 0.15) is 0 Å². The molecular formula is C19H18N8S. The average molecular weight is 390 g/mol. The molecule has 0 aliphatic heterocycles. The monoisotopic (exact) mass is 390 g/mol. The molecule has 0 bridgehead atoms. The third-order valence-corrected chi connectivity index (χ3v) is 5.47. The lowest BCUT2D eigenvalue weighted by Gasteiger charge is -2.07. The van der Waals surface area contributed by atoms with Crippen molar-refractivity contribution in [2.75, 3.05) is 0 Å². The Kier molecular flexibility index (Phi) is 4.36. The van der Waals surface area contributed by atoms with E-state index in [9.17, 15) is 0 Å². The van der Waals surface area contributed by atoms with E-state index < -0.39 is 0 Å². The molecule has 0 unspecified atom stereocenters. The molecule has 1 fully saturated rings. The van der Waals surface area contributed by atoms with E-state index in [4.69, 9.17) is 0 Å². The summed E-state index contributed by atoms with van der Waals surface area (Å²) in [6, 6.07) is 12.4. The van der Waals surface area contributed by atoms with E-state index in [1.807, 2.05) is 43.3 Å². The average Bonchev–Trinajstić information content (AvgIpc) is 3.29. The minimum absolute atomic E-state index is 0.469. The van der Waals surface area contributed by atoms with Crippen molar-refractivity contribution >= 4 is 11.8 Å². The number of rotatable bonds is 6. The van der Waals surface area contributed by atoms with Crippen molar-refractivity contribution in [2.45, 2.75) is 36.7 Å². The highest BCUT2D eigenvalue weighted by Gasteiger charge is 2.30. The van der Waals surface area contributed by atoms with E-state index in [-0.39, 0.29) is 0 Å². The molecule has 3 aromatic heterocycles. The molecule has 5 rings (SSSR count). The van der Waals surface area contributed by atoms with Gasteiger partial charge in [0.05, 0.1) is 11.4 Å². The molecule has 1 aliphatic rings. The molecule has 8 nitrogen and oxygen atoms in total. The molecule has 0 spiro atoms. The van der Waals surface area contributed by atoms with Gasteiger partial charge in [-0.3, -0.25) is 9.55 Å². The van der Waals surface area contributed by atoms with Crippen LogP contribution in [0.15, 0.2) is 53.9 Å². The first kappa shape index (κ1) is 17.1. The van der Waals surface area contributed by atoms with Gasteiger partial charge in [0, 0.05) is 24.0 Å². The van der Waals surface area contributed by atoms with Crippen molar-refractivity contribution in [3.8, 4) is 17.1 Å². The van der Waals surface area contributed by atoms with Gasteiger partial charge in [-0.1, -0.05) is 23.9 Å². The van der Waals surface area contributed by atoms with E-state index >= 15 is 0 Å². The second-order valence-corrected chi connectivity index (χ2v) is 7.71. The molecule has 140 valence electrons. The van der Waals surface area contributed by atoms with Gasteiger partial charge in [-0.05, 0) is 54.8 Å². The maximum absolute atomic E-state index is 4.50. The second kappa shape index (κ2) is 7.16. The van der Waals surface area contributed by atoms with Crippen LogP contribution in [0.4, 0.5) is 0 Å². The lowest BCUT2D eigenvalue weighted by molar-refractivity contribution is 0.669. The van der Waals surface area contributed by atoms with Crippen LogP contribution in [0.1, 0.15) is 30.3 Å².